The summed E-state index contributed by atoms with van der Waals surface area (Å²) in [5, 5.41) is 7.04. The minimum Gasteiger partial charge on any atom is -0.494 e. The minimum absolute atomic E-state index is 0.0411. The molecule has 0 aliphatic rings. The van der Waals surface area contributed by atoms with Gasteiger partial charge in [-0.3, -0.25) is 19.8 Å². The van der Waals surface area contributed by atoms with Crippen molar-refractivity contribution in [1.82, 2.24) is 9.99 Å². The summed E-state index contributed by atoms with van der Waals surface area (Å²) in [5.41, 5.74) is 4.01. The van der Waals surface area contributed by atoms with Crippen molar-refractivity contribution in [2.24, 2.45) is 0 Å². The van der Waals surface area contributed by atoms with Gasteiger partial charge in [-0.05, 0) is 48.0 Å². The van der Waals surface area contributed by atoms with Crippen LogP contribution in [0.2, 0.25) is 15.1 Å². The zero-order chi connectivity index (χ0) is 25.8. The van der Waals surface area contributed by atoms with Crippen molar-refractivity contribution in [2.45, 2.75) is 6.54 Å². The van der Waals surface area contributed by atoms with E-state index in [-0.39, 0.29) is 17.3 Å². The Morgan fingerprint density at radius 3 is 2.31 bits per heavy atom. The molecule has 4 rings (SSSR count). The molecule has 0 saturated heterocycles. The van der Waals surface area contributed by atoms with E-state index in [2.05, 4.69) is 16.1 Å². The number of amides is 3. The maximum Gasteiger partial charge on any atom is 0.328 e. The predicted molar refractivity (Wildman–Crippen MR) is 141 cm³/mol. The van der Waals surface area contributed by atoms with Crippen LogP contribution in [0.3, 0.4) is 0 Å². The highest BCUT2D eigenvalue weighted by Crippen LogP contribution is 2.30. The topological polar surface area (TPSA) is 101 Å². The van der Waals surface area contributed by atoms with Gasteiger partial charge in [-0.2, -0.15) is 0 Å². The smallest absolute Gasteiger partial charge is 0.328 e. The Bertz CT molecular complexity index is 1470. The molecule has 184 valence electrons. The van der Waals surface area contributed by atoms with Crippen molar-refractivity contribution in [3.63, 3.8) is 0 Å². The lowest BCUT2D eigenvalue weighted by Gasteiger charge is -2.14. The Morgan fingerprint density at radius 1 is 0.889 bits per heavy atom. The van der Waals surface area contributed by atoms with E-state index in [4.69, 9.17) is 39.5 Å². The normalized spacial score (nSPS) is 10.7. The van der Waals surface area contributed by atoms with Crippen LogP contribution in [0.5, 0.6) is 5.75 Å². The summed E-state index contributed by atoms with van der Waals surface area (Å²) in [6.07, 6.45) is 0. The number of hydrogen-bond acceptors (Lipinski definition) is 4. The highest BCUT2D eigenvalue weighted by Gasteiger charge is 2.23. The number of para-hydroxylation sites is 1. The van der Waals surface area contributed by atoms with E-state index in [1.807, 2.05) is 0 Å². The Kier molecular flexibility index (Phi) is 7.69. The maximum atomic E-state index is 13.2. The van der Waals surface area contributed by atoms with Gasteiger partial charge in [-0.25, -0.2) is 4.68 Å². The number of carbonyl (C=O) groups excluding carboxylic acids is 3. The van der Waals surface area contributed by atoms with Gasteiger partial charge in [0.15, 0.2) is 0 Å². The molecule has 4 aromatic rings. The molecular weight excluding hydrogens is 527 g/mol. The second-order valence-electron chi connectivity index (χ2n) is 7.59. The molecule has 3 amide bonds. The van der Waals surface area contributed by atoms with Crippen LogP contribution in [-0.2, 0) is 16.1 Å². The monoisotopic (exact) mass is 544 g/mol. The number of aromatic nitrogens is 1. The van der Waals surface area contributed by atoms with Crippen LogP contribution in [0.25, 0.3) is 10.9 Å². The Hall–Kier alpha value is -3.72. The van der Waals surface area contributed by atoms with Gasteiger partial charge < -0.3 is 15.4 Å². The Labute approximate surface area is 221 Å². The molecule has 3 aromatic carbocycles. The van der Waals surface area contributed by atoms with Gasteiger partial charge in [0.2, 0.25) is 0 Å². The molecule has 0 saturated carbocycles. The number of benzene rings is 3. The zero-order valence-corrected chi connectivity index (χ0v) is 21.0. The second kappa shape index (κ2) is 10.9. The van der Waals surface area contributed by atoms with Crippen molar-refractivity contribution in [1.29, 1.82) is 0 Å². The molecular formula is C25H19Cl3N4O4. The number of carbonyl (C=O) groups is 3. The van der Waals surface area contributed by atoms with Crippen LogP contribution in [0, 0.1) is 0 Å². The molecule has 1 aromatic heterocycles. The van der Waals surface area contributed by atoms with E-state index in [9.17, 15) is 14.4 Å². The molecule has 3 N–H and O–H groups in total. The number of ether oxygens (including phenoxy) is 1. The summed E-state index contributed by atoms with van der Waals surface area (Å²) in [7, 11) is 1.46. The van der Waals surface area contributed by atoms with E-state index >= 15 is 0 Å². The zero-order valence-electron chi connectivity index (χ0n) is 18.8. The van der Waals surface area contributed by atoms with Crippen LogP contribution in [-0.4, -0.2) is 29.5 Å². The molecule has 0 aliphatic carbocycles. The number of anilines is 1. The lowest BCUT2D eigenvalue weighted by atomic mass is 10.2. The lowest BCUT2D eigenvalue weighted by Crippen LogP contribution is -2.39. The first kappa shape index (κ1) is 25.4. The summed E-state index contributed by atoms with van der Waals surface area (Å²) in [6, 6.07) is 18.2. The van der Waals surface area contributed by atoms with Crippen molar-refractivity contribution >= 4 is 69.1 Å². The predicted octanol–water partition coefficient (Wildman–Crippen LogP) is 5.25. The van der Waals surface area contributed by atoms with E-state index < -0.39 is 17.7 Å². The fraction of sp³-hybridized carbons (Fsp3) is 0.0800. The van der Waals surface area contributed by atoms with E-state index in [1.54, 1.807) is 60.7 Å². The van der Waals surface area contributed by atoms with Gasteiger partial charge in [-0.1, -0.05) is 59.1 Å². The number of hydrogen-bond donors (Lipinski definition) is 3. The first-order valence-electron chi connectivity index (χ1n) is 10.6. The van der Waals surface area contributed by atoms with Crippen LogP contribution < -0.4 is 20.8 Å². The van der Waals surface area contributed by atoms with Crippen molar-refractivity contribution in [2.75, 3.05) is 17.9 Å². The van der Waals surface area contributed by atoms with Gasteiger partial charge >= 0.3 is 11.8 Å². The molecule has 36 heavy (non-hydrogen) atoms. The summed E-state index contributed by atoms with van der Waals surface area (Å²) < 4.78 is 6.62. The van der Waals surface area contributed by atoms with Gasteiger partial charge in [0.1, 0.15) is 17.0 Å². The third kappa shape index (κ3) is 5.57. The Balaban J connectivity index is 1.61. The lowest BCUT2D eigenvalue weighted by molar-refractivity contribution is -0.136. The van der Waals surface area contributed by atoms with Crippen LogP contribution in [0.1, 0.15) is 16.1 Å². The second-order valence-corrected chi connectivity index (χ2v) is 8.87. The van der Waals surface area contributed by atoms with Crippen molar-refractivity contribution in [3.05, 3.63) is 93.1 Å². The van der Waals surface area contributed by atoms with Gasteiger partial charge in [-0.15, -0.1) is 0 Å². The SMILES string of the molecule is COc1cccc2cc(C(=O)Nc3ccc(Cl)cc3Cl)n(NC(=O)C(=O)NCc3ccc(Cl)cc3)c12. The summed E-state index contributed by atoms with van der Waals surface area (Å²) in [4.78, 5) is 38.5. The molecule has 1 heterocycles. The van der Waals surface area contributed by atoms with Crippen LogP contribution in [0.4, 0.5) is 5.69 Å². The van der Waals surface area contributed by atoms with Crippen molar-refractivity contribution < 1.29 is 19.1 Å². The van der Waals surface area contributed by atoms with Gasteiger partial charge in [0.25, 0.3) is 5.91 Å². The highest BCUT2D eigenvalue weighted by molar-refractivity contribution is 6.38. The minimum atomic E-state index is -0.981. The molecule has 0 bridgehead atoms. The van der Waals surface area contributed by atoms with Gasteiger partial charge in [0.05, 0.1) is 17.8 Å². The number of fused-ring (bicyclic) bond motifs is 1. The first-order chi connectivity index (χ1) is 17.3. The highest BCUT2D eigenvalue weighted by atomic mass is 35.5. The average molecular weight is 546 g/mol. The molecule has 11 heteroatoms. The largest absolute Gasteiger partial charge is 0.494 e. The average Bonchev–Trinajstić information content (AvgIpc) is 3.23. The molecule has 0 aliphatic heterocycles. The maximum absolute atomic E-state index is 13.2. The van der Waals surface area contributed by atoms with Crippen molar-refractivity contribution in [3.8, 4) is 5.75 Å². The van der Waals surface area contributed by atoms with E-state index in [0.717, 1.165) is 5.56 Å². The fourth-order valence-corrected chi connectivity index (χ4v) is 4.05. The Morgan fingerprint density at radius 2 is 1.61 bits per heavy atom. The van der Waals surface area contributed by atoms with Crippen LogP contribution in [0.15, 0.2) is 66.7 Å². The standard InChI is InChI=1S/C25H19Cl3N4O4/c1-36-21-4-2-3-15-11-20(23(33)30-19-10-9-17(27)12-18(19)28)32(22(15)21)31-25(35)24(34)29-13-14-5-7-16(26)8-6-14/h2-12H,13H2,1H3,(H,29,34)(H,30,33)(H,31,35). The van der Waals surface area contributed by atoms with Gasteiger partial charge in [0, 0.05) is 22.0 Å². The third-order valence-corrected chi connectivity index (χ3v) is 6.00. The molecule has 0 unspecified atom stereocenters. The number of halogens is 3. The first-order valence-corrected chi connectivity index (χ1v) is 11.7. The molecule has 0 radical (unpaired) electrons. The summed E-state index contributed by atoms with van der Waals surface area (Å²) in [6.45, 7) is 0.113. The molecule has 0 spiro atoms. The number of rotatable bonds is 6. The fourth-order valence-electron chi connectivity index (χ4n) is 3.47. The molecule has 0 fully saturated rings. The number of nitrogens with one attached hydrogen (secondary N) is 3. The third-order valence-electron chi connectivity index (χ3n) is 5.20. The van der Waals surface area contributed by atoms with E-state index in [0.29, 0.717) is 32.4 Å². The summed E-state index contributed by atoms with van der Waals surface area (Å²) >= 11 is 18.0. The quantitative estimate of drug-likeness (QED) is 0.288. The number of methoxy groups -OCH3 is 1. The molecule has 0 atom stereocenters. The summed E-state index contributed by atoms with van der Waals surface area (Å²) in [5.74, 6) is -2.07. The van der Waals surface area contributed by atoms with Crippen LogP contribution >= 0.6 is 34.8 Å². The molecule has 8 nitrogen and oxygen atoms in total. The number of nitrogens with zero attached hydrogens (tertiary/aromatic N) is 1. The van der Waals surface area contributed by atoms with E-state index in [1.165, 1.54) is 17.9 Å².